The van der Waals surface area contributed by atoms with Gasteiger partial charge in [-0.15, -0.1) is 0 Å². The summed E-state index contributed by atoms with van der Waals surface area (Å²) in [5.74, 6) is 0.487. The highest BCUT2D eigenvalue weighted by Gasteiger charge is 2.14. The number of hydrogen-bond donors (Lipinski definition) is 0. The number of unbranched alkanes of at least 4 members (excludes halogenated alkanes) is 5. The Morgan fingerprint density at radius 1 is 1.06 bits per heavy atom. The second kappa shape index (κ2) is 9.68. The van der Waals surface area contributed by atoms with Gasteiger partial charge in [-0.2, -0.15) is 0 Å². The molecule has 0 aromatic heterocycles. The molecule has 16 heavy (non-hydrogen) atoms. The van der Waals surface area contributed by atoms with Crippen LogP contribution in [0.25, 0.3) is 0 Å². The monoisotopic (exact) mass is 227 g/mol. The molecule has 2 nitrogen and oxygen atoms in total. The molecule has 2 heteroatoms. The minimum absolute atomic E-state index is 0.185. The van der Waals surface area contributed by atoms with E-state index in [1.165, 1.54) is 32.1 Å². The number of carbonyl (C=O) groups excluding carboxylic acids is 1. The van der Waals surface area contributed by atoms with Crippen LogP contribution in [0.2, 0.25) is 0 Å². The van der Waals surface area contributed by atoms with Crippen LogP contribution in [0.15, 0.2) is 0 Å². The molecule has 1 atom stereocenters. The topological polar surface area (TPSA) is 20.3 Å². The average molecular weight is 227 g/mol. The van der Waals surface area contributed by atoms with Crippen molar-refractivity contribution in [2.45, 2.75) is 65.7 Å². The Labute approximate surface area is 101 Å². The van der Waals surface area contributed by atoms with Crippen molar-refractivity contribution < 1.29 is 4.79 Å². The van der Waals surface area contributed by atoms with E-state index < -0.39 is 0 Å². The fourth-order valence-electron chi connectivity index (χ4n) is 1.79. The highest BCUT2D eigenvalue weighted by Crippen LogP contribution is 2.08. The maximum atomic E-state index is 11.8. The molecule has 0 heterocycles. The van der Waals surface area contributed by atoms with Gasteiger partial charge in [0.25, 0.3) is 0 Å². The molecule has 0 radical (unpaired) electrons. The van der Waals surface area contributed by atoms with Crippen molar-refractivity contribution in [3.63, 3.8) is 0 Å². The lowest BCUT2D eigenvalue weighted by atomic mass is 10.1. The Bertz CT molecular complexity index is 180. The summed E-state index contributed by atoms with van der Waals surface area (Å²) in [4.78, 5) is 13.7. The molecule has 0 aliphatic carbocycles. The SMILES string of the molecule is CCCCCCCCN(C)C(=O)C(C)CC. The van der Waals surface area contributed by atoms with Crippen molar-refractivity contribution in [1.29, 1.82) is 0 Å². The quantitative estimate of drug-likeness (QED) is 0.548. The van der Waals surface area contributed by atoms with E-state index in [0.29, 0.717) is 5.91 Å². The van der Waals surface area contributed by atoms with Crippen molar-refractivity contribution in [3.05, 3.63) is 0 Å². The summed E-state index contributed by atoms with van der Waals surface area (Å²) in [5.41, 5.74) is 0. The van der Waals surface area contributed by atoms with E-state index in [2.05, 4.69) is 13.8 Å². The van der Waals surface area contributed by atoms with Crippen LogP contribution >= 0.6 is 0 Å². The van der Waals surface area contributed by atoms with Gasteiger partial charge in [0.05, 0.1) is 0 Å². The lowest BCUT2D eigenvalue weighted by molar-refractivity contribution is -0.133. The molecule has 0 aliphatic heterocycles. The van der Waals surface area contributed by atoms with Gasteiger partial charge in [-0.05, 0) is 12.8 Å². The van der Waals surface area contributed by atoms with Gasteiger partial charge in [-0.25, -0.2) is 0 Å². The molecule has 0 rings (SSSR count). The number of rotatable bonds is 9. The molecular formula is C14H29NO. The van der Waals surface area contributed by atoms with Crippen molar-refractivity contribution >= 4 is 5.91 Å². The largest absolute Gasteiger partial charge is 0.346 e. The van der Waals surface area contributed by atoms with Crippen LogP contribution < -0.4 is 0 Å². The van der Waals surface area contributed by atoms with E-state index in [4.69, 9.17) is 0 Å². The van der Waals surface area contributed by atoms with E-state index >= 15 is 0 Å². The molecule has 1 amide bonds. The van der Waals surface area contributed by atoms with Crippen LogP contribution in [0, 0.1) is 5.92 Å². The predicted molar refractivity (Wildman–Crippen MR) is 70.5 cm³/mol. The molecule has 0 aromatic carbocycles. The highest BCUT2D eigenvalue weighted by atomic mass is 16.2. The molecule has 0 aliphatic rings. The standard InChI is InChI=1S/C14H29NO/c1-5-7-8-9-10-11-12-15(4)14(16)13(3)6-2/h13H,5-12H2,1-4H3. The molecule has 0 aromatic rings. The van der Waals surface area contributed by atoms with Gasteiger partial charge in [0.15, 0.2) is 0 Å². The van der Waals surface area contributed by atoms with Gasteiger partial charge >= 0.3 is 0 Å². The van der Waals surface area contributed by atoms with Crippen molar-refractivity contribution in [2.24, 2.45) is 5.92 Å². The first kappa shape index (κ1) is 15.5. The van der Waals surface area contributed by atoms with Crippen LogP contribution in [0.1, 0.15) is 65.7 Å². The third-order valence-electron chi connectivity index (χ3n) is 3.26. The molecule has 0 bridgehead atoms. The number of nitrogens with zero attached hydrogens (tertiary/aromatic N) is 1. The van der Waals surface area contributed by atoms with Crippen LogP contribution in [0.5, 0.6) is 0 Å². The zero-order valence-electron chi connectivity index (χ0n) is 11.6. The van der Waals surface area contributed by atoms with Crippen LogP contribution in [-0.2, 0) is 4.79 Å². The first-order valence-corrected chi connectivity index (χ1v) is 6.88. The zero-order chi connectivity index (χ0) is 12.4. The van der Waals surface area contributed by atoms with Crippen molar-refractivity contribution in [1.82, 2.24) is 4.90 Å². The molecule has 0 spiro atoms. The average Bonchev–Trinajstić information content (AvgIpc) is 2.31. The Morgan fingerprint density at radius 2 is 1.62 bits per heavy atom. The molecular weight excluding hydrogens is 198 g/mol. The smallest absolute Gasteiger partial charge is 0.225 e. The normalized spacial score (nSPS) is 12.5. The van der Waals surface area contributed by atoms with E-state index in [1.807, 2.05) is 18.9 Å². The van der Waals surface area contributed by atoms with Gasteiger partial charge in [0, 0.05) is 19.5 Å². The molecule has 0 N–H and O–H groups in total. The van der Waals surface area contributed by atoms with E-state index in [1.54, 1.807) is 0 Å². The van der Waals surface area contributed by atoms with Crippen molar-refractivity contribution in [2.75, 3.05) is 13.6 Å². The Balaban J connectivity index is 3.50. The molecule has 96 valence electrons. The van der Waals surface area contributed by atoms with Crippen molar-refractivity contribution in [3.8, 4) is 0 Å². The Kier molecular flexibility index (Phi) is 9.36. The van der Waals surface area contributed by atoms with Crippen LogP contribution in [0.3, 0.4) is 0 Å². The fraction of sp³-hybridized carbons (Fsp3) is 0.929. The molecule has 0 saturated carbocycles. The predicted octanol–water partition coefficient (Wildman–Crippen LogP) is 3.85. The van der Waals surface area contributed by atoms with E-state index in [-0.39, 0.29) is 5.92 Å². The molecule has 0 fully saturated rings. The Hall–Kier alpha value is -0.530. The van der Waals surface area contributed by atoms with E-state index in [9.17, 15) is 4.79 Å². The van der Waals surface area contributed by atoms with Crippen LogP contribution in [0.4, 0.5) is 0 Å². The first-order chi connectivity index (χ1) is 7.63. The lowest BCUT2D eigenvalue weighted by Gasteiger charge is -2.20. The Morgan fingerprint density at radius 3 is 2.19 bits per heavy atom. The zero-order valence-corrected chi connectivity index (χ0v) is 11.6. The second-order valence-electron chi connectivity index (χ2n) is 4.84. The van der Waals surface area contributed by atoms with E-state index in [0.717, 1.165) is 19.4 Å². The lowest BCUT2D eigenvalue weighted by Crippen LogP contribution is -2.32. The summed E-state index contributed by atoms with van der Waals surface area (Å²) < 4.78 is 0. The minimum atomic E-state index is 0.185. The highest BCUT2D eigenvalue weighted by molar-refractivity contribution is 5.78. The third kappa shape index (κ3) is 6.86. The first-order valence-electron chi connectivity index (χ1n) is 6.88. The number of carbonyl (C=O) groups is 1. The summed E-state index contributed by atoms with van der Waals surface area (Å²) in [6.45, 7) is 7.25. The van der Waals surface area contributed by atoms with Crippen LogP contribution in [-0.4, -0.2) is 24.4 Å². The minimum Gasteiger partial charge on any atom is -0.346 e. The molecule has 1 unspecified atom stereocenters. The maximum absolute atomic E-state index is 11.8. The van der Waals surface area contributed by atoms with Gasteiger partial charge in [-0.3, -0.25) is 4.79 Å². The summed E-state index contributed by atoms with van der Waals surface area (Å²) in [5, 5.41) is 0. The molecule has 0 saturated heterocycles. The maximum Gasteiger partial charge on any atom is 0.225 e. The summed E-state index contributed by atoms with van der Waals surface area (Å²) >= 11 is 0. The summed E-state index contributed by atoms with van der Waals surface area (Å²) in [7, 11) is 1.93. The number of hydrogen-bond acceptors (Lipinski definition) is 1. The van der Waals surface area contributed by atoms with Gasteiger partial charge in [0.1, 0.15) is 0 Å². The summed E-state index contributed by atoms with van der Waals surface area (Å²) in [6.07, 6.45) is 8.67. The third-order valence-corrected chi connectivity index (χ3v) is 3.26. The van der Waals surface area contributed by atoms with Gasteiger partial charge in [0.2, 0.25) is 5.91 Å². The van der Waals surface area contributed by atoms with Gasteiger partial charge < -0.3 is 4.90 Å². The number of amides is 1. The summed E-state index contributed by atoms with van der Waals surface area (Å²) in [6, 6.07) is 0. The van der Waals surface area contributed by atoms with Gasteiger partial charge in [-0.1, -0.05) is 52.9 Å². The fourth-order valence-corrected chi connectivity index (χ4v) is 1.79. The second-order valence-corrected chi connectivity index (χ2v) is 4.84.